The molecule has 0 aliphatic carbocycles. The first-order valence-electron chi connectivity index (χ1n) is 6.61. The number of hydrogen-bond acceptors (Lipinski definition) is 2. The van der Waals surface area contributed by atoms with Gasteiger partial charge in [-0.3, -0.25) is 0 Å². The molecule has 7 heteroatoms. The predicted octanol–water partition coefficient (Wildman–Crippen LogP) is 6.57. The van der Waals surface area contributed by atoms with Gasteiger partial charge in [0.15, 0.2) is 0 Å². The van der Waals surface area contributed by atoms with E-state index in [1.54, 1.807) is 24.3 Å². The van der Waals surface area contributed by atoms with Crippen LogP contribution in [0.4, 0.5) is 0 Å². The third kappa shape index (κ3) is 3.81. The summed E-state index contributed by atoms with van der Waals surface area (Å²) >= 11 is 28.8. The van der Waals surface area contributed by atoms with Crippen molar-refractivity contribution in [1.29, 1.82) is 0 Å². The molecule has 1 aromatic heterocycles. The Labute approximate surface area is 159 Å². The van der Waals surface area contributed by atoms with Crippen LogP contribution in [-0.2, 0) is 6.42 Å². The van der Waals surface area contributed by atoms with Crippen molar-refractivity contribution in [2.75, 3.05) is 0 Å². The summed E-state index contributed by atoms with van der Waals surface area (Å²) in [6.07, 6.45) is 0.512. The highest BCUT2D eigenvalue weighted by Crippen LogP contribution is 2.33. The molecule has 0 radical (unpaired) electrons. The Kier molecular flexibility index (Phi) is 5.14. The van der Waals surface area contributed by atoms with Gasteiger partial charge in [-0.1, -0.05) is 46.4 Å². The molecule has 23 heavy (non-hydrogen) atoms. The molecule has 0 atom stereocenters. The van der Waals surface area contributed by atoms with Crippen LogP contribution in [0.2, 0.25) is 20.1 Å². The first-order chi connectivity index (χ1) is 10.9. The fraction of sp³-hybridized carbons (Fsp3) is 0.0625. The lowest BCUT2D eigenvalue weighted by Gasteiger charge is -2.04. The summed E-state index contributed by atoms with van der Waals surface area (Å²) in [5.74, 6) is 0.722. The Morgan fingerprint density at radius 3 is 2.35 bits per heavy atom. The first-order valence-corrected chi connectivity index (χ1v) is 8.57. The summed E-state index contributed by atoms with van der Waals surface area (Å²) in [7, 11) is 0. The van der Waals surface area contributed by atoms with Crippen LogP contribution in [0.25, 0.3) is 11.3 Å². The van der Waals surface area contributed by atoms with Gasteiger partial charge in [0.1, 0.15) is 10.9 Å². The minimum absolute atomic E-state index is 0.512. The molecular weight excluding hydrogens is 394 g/mol. The summed E-state index contributed by atoms with van der Waals surface area (Å²) in [4.78, 5) is 7.67. The molecule has 1 heterocycles. The van der Waals surface area contributed by atoms with Crippen LogP contribution in [0.15, 0.2) is 41.4 Å². The van der Waals surface area contributed by atoms with Crippen LogP contribution in [-0.4, -0.2) is 9.97 Å². The minimum Gasteiger partial charge on any atom is -0.341 e. The van der Waals surface area contributed by atoms with Crippen LogP contribution in [0, 0.1) is 0 Å². The smallest absolute Gasteiger partial charge is 0.119 e. The molecule has 0 spiro atoms. The van der Waals surface area contributed by atoms with Gasteiger partial charge in [-0.2, -0.15) is 0 Å². The third-order valence-corrected chi connectivity index (χ3v) is 4.78. The van der Waals surface area contributed by atoms with Crippen LogP contribution in [0.1, 0.15) is 11.4 Å². The molecule has 2 nitrogen and oxygen atoms in total. The van der Waals surface area contributed by atoms with E-state index in [1.807, 2.05) is 12.1 Å². The van der Waals surface area contributed by atoms with Crippen molar-refractivity contribution in [3.63, 3.8) is 0 Å². The van der Waals surface area contributed by atoms with Crippen molar-refractivity contribution >= 4 is 59.0 Å². The highest BCUT2D eigenvalue weighted by Gasteiger charge is 2.14. The number of thiol groups is 1. The Hall–Kier alpha value is -0.840. The van der Waals surface area contributed by atoms with Crippen molar-refractivity contribution in [3.05, 3.63) is 67.9 Å². The van der Waals surface area contributed by atoms with Gasteiger partial charge in [0.05, 0.1) is 10.7 Å². The summed E-state index contributed by atoms with van der Waals surface area (Å²) in [6.45, 7) is 0. The van der Waals surface area contributed by atoms with E-state index in [2.05, 4.69) is 22.6 Å². The number of benzene rings is 2. The number of imidazole rings is 1. The lowest BCUT2D eigenvalue weighted by molar-refractivity contribution is 1.00. The van der Waals surface area contributed by atoms with Gasteiger partial charge < -0.3 is 4.98 Å². The highest BCUT2D eigenvalue weighted by molar-refractivity contribution is 7.80. The molecule has 0 amide bonds. The number of halogens is 4. The van der Waals surface area contributed by atoms with Crippen molar-refractivity contribution in [2.24, 2.45) is 0 Å². The molecule has 0 bridgehead atoms. The quantitative estimate of drug-likeness (QED) is 0.475. The Bertz CT molecular complexity index is 877. The van der Waals surface area contributed by atoms with E-state index in [0.717, 1.165) is 22.6 Å². The SMILES string of the molecule is Sc1nc(Cc2cc(Cl)ccc2Cl)[nH]c1-c1ccc(Cl)cc1Cl. The minimum atomic E-state index is 0.512. The van der Waals surface area contributed by atoms with Gasteiger partial charge in [-0.15, -0.1) is 12.6 Å². The molecule has 0 saturated carbocycles. The maximum absolute atomic E-state index is 6.25. The molecule has 3 aromatic rings. The lowest BCUT2D eigenvalue weighted by atomic mass is 10.1. The second kappa shape index (κ2) is 6.96. The normalized spacial score (nSPS) is 11.0. The molecule has 0 unspecified atom stereocenters. The predicted molar refractivity (Wildman–Crippen MR) is 101 cm³/mol. The lowest BCUT2D eigenvalue weighted by Crippen LogP contribution is -1.92. The number of H-pyrrole nitrogens is 1. The molecule has 118 valence electrons. The van der Waals surface area contributed by atoms with E-state index in [0.29, 0.717) is 31.5 Å². The van der Waals surface area contributed by atoms with Crippen LogP contribution >= 0.6 is 59.0 Å². The molecule has 2 aromatic carbocycles. The monoisotopic (exact) mass is 402 g/mol. The van der Waals surface area contributed by atoms with E-state index in [1.165, 1.54) is 0 Å². The number of aromatic nitrogens is 2. The average Bonchev–Trinajstić information content (AvgIpc) is 2.83. The van der Waals surface area contributed by atoms with Gasteiger partial charge in [-0.25, -0.2) is 4.98 Å². The first kappa shape index (κ1) is 17.0. The average molecular weight is 404 g/mol. The maximum atomic E-state index is 6.25. The maximum Gasteiger partial charge on any atom is 0.119 e. The van der Waals surface area contributed by atoms with Gasteiger partial charge in [0, 0.05) is 27.1 Å². The Balaban J connectivity index is 1.96. The molecule has 3 rings (SSSR count). The molecular formula is C16H10Cl4N2S. The van der Waals surface area contributed by atoms with Gasteiger partial charge in [0.25, 0.3) is 0 Å². The Morgan fingerprint density at radius 1 is 0.913 bits per heavy atom. The number of nitrogens with zero attached hydrogens (tertiary/aromatic N) is 1. The number of aromatic amines is 1. The molecule has 0 aliphatic heterocycles. The summed E-state index contributed by atoms with van der Waals surface area (Å²) in [5.41, 5.74) is 2.41. The van der Waals surface area contributed by atoms with Gasteiger partial charge in [-0.05, 0) is 42.0 Å². The number of hydrogen-bond donors (Lipinski definition) is 2. The zero-order valence-corrected chi connectivity index (χ0v) is 15.5. The van der Waals surface area contributed by atoms with Crippen LogP contribution < -0.4 is 0 Å². The number of nitrogens with one attached hydrogen (secondary N) is 1. The third-order valence-electron chi connectivity index (χ3n) is 3.30. The van der Waals surface area contributed by atoms with Crippen molar-refractivity contribution in [1.82, 2.24) is 9.97 Å². The highest BCUT2D eigenvalue weighted by atomic mass is 35.5. The summed E-state index contributed by atoms with van der Waals surface area (Å²) < 4.78 is 0. The second-order valence-electron chi connectivity index (χ2n) is 4.92. The summed E-state index contributed by atoms with van der Waals surface area (Å²) in [5, 5.41) is 2.93. The zero-order valence-electron chi connectivity index (χ0n) is 11.6. The van der Waals surface area contributed by atoms with Gasteiger partial charge >= 0.3 is 0 Å². The van der Waals surface area contributed by atoms with Crippen molar-refractivity contribution < 1.29 is 0 Å². The van der Waals surface area contributed by atoms with Crippen molar-refractivity contribution in [3.8, 4) is 11.3 Å². The van der Waals surface area contributed by atoms with E-state index in [9.17, 15) is 0 Å². The zero-order chi connectivity index (χ0) is 16.6. The Morgan fingerprint density at radius 2 is 1.61 bits per heavy atom. The van der Waals surface area contributed by atoms with Crippen LogP contribution in [0.5, 0.6) is 0 Å². The second-order valence-corrected chi connectivity index (χ2v) is 7.03. The van der Waals surface area contributed by atoms with Gasteiger partial charge in [0.2, 0.25) is 0 Å². The molecule has 0 aliphatic rings. The topological polar surface area (TPSA) is 28.7 Å². The molecule has 0 fully saturated rings. The van der Waals surface area contributed by atoms with Crippen LogP contribution in [0.3, 0.4) is 0 Å². The fourth-order valence-electron chi connectivity index (χ4n) is 2.23. The van der Waals surface area contributed by atoms with E-state index >= 15 is 0 Å². The summed E-state index contributed by atoms with van der Waals surface area (Å²) in [6, 6.07) is 10.6. The van der Waals surface area contributed by atoms with E-state index in [-0.39, 0.29) is 0 Å². The van der Waals surface area contributed by atoms with E-state index < -0.39 is 0 Å². The van der Waals surface area contributed by atoms with E-state index in [4.69, 9.17) is 46.4 Å². The largest absolute Gasteiger partial charge is 0.341 e. The molecule has 0 saturated heterocycles. The van der Waals surface area contributed by atoms with Crippen molar-refractivity contribution in [2.45, 2.75) is 11.4 Å². The number of rotatable bonds is 3. The fourth-order valence-corrected chi connectivity index (χ4v) is 3.41. The molecule has 1 N–H and O–H groups in total. The standard InChI is InChI=1S/C16H10Cl4N2S/c17-9-2-4-12(19)8(5-9)6-14-21-15(16(23)22-14)11-3-1-10(18)7-13(11)20/h1-5,7,23H,6H2,(H,21,22).